The first-order valence-electron chi connectivity index (χ1n) is 4.14. The lowest BCUT2D eigenvalue weighted by Gasteiger charge is -2.22. The number of hydrogen-bond acceptors (Lipinski definition) is 4. The predicted octanol–water partition coefficient (Wildman–Crippen LogP) is 0.387. The minimum absolute atomic E-state index is 0.373. The summed E-state index contributed by atoms with van der Waals surface area (Å²) in [7, 11) is 0. The second-order valence-corrected chi connectivity index (χ2v) is 3.17. The molecule has 76 valence electrons. The molecule has 1 aliphatic heterocycles. The van der Waals surface area contributed by atoms with Crippen LogP contribution in [0.3, 0.4) is 0 Å². The second-order valence-electron chi connectivity index (χ2n) is 3.17. The number of aliphatic hydroxyl groups excluding tert-OH is 1. The van der Waals surface area contributed by atoms with Crippen LogP contribution in [-0.2, 0) is 14.3 Å². The summed E-state index contributed by atoms with van der Waals surface area (Å²) in [6.07, 6.45) is 0.0996. The SMILES string of the molecule is CC(=O)OC1CCC(CO)(CF)O1. The third kappa shape index (κ3) is 2.38. The van der Waals surface area contributed by atoms with Crippen LogP contribution in [-0.4, -0.2) is 36.2 Å². The minimum atomic E-state index is -1.15. The smallest absolute Gasteiger partial charge is 0.304 e. The molecular formula is C8H13FO4. The molecule has 2 unspecified atom stereocenters. The van der Waals surface area contributed by atoms with E-state index >= 15 is 0 Å². The minimum Gasteiger partial charge on any atom is -0.436 e. The highest BCUT2D eigenvalue weighted by Crippen LogP contribution is 2.31. The van der Waals surface area contributed by atoms with Gasteiger partial charge in [0.15, 0.2) is 0 Å². The van der Waals surface area contributed by atoms with Crippen molar-refractivity contribution in [1.29, 1.82) is 0 Å². The summed E-state index contributed by atoms with van der Waals surface area (Å²) in [5.74, 6) is -0.461. The molecule has 0 amide bonds. The number of hydrogen-bond donors (Lipinski definition) is 1. The Bertz CT molecular complexity index is 191. The van der Waals surface area contributed by atoms with Gasteiger partial charge in [-0.05, 0) is 6.42 Å². The maximum atomic E-state index is 12.4. The second kappa shape index (κ2) is 4.02. The fourth-order valence-corrected chi connectivity index (χ4v) is 1.30. The van der Waals surface area contributed by atoms with E-state index in [9.17, 15) is 9.18 Å². The topological polar surface area (TPSA) is 55.8 Å². The fourth-order valence-electron chi connectivity index (χ4n) is 1.30. The molecule has 1 fully saturated rings. The standard InChI is InChI=1S/C8H13FO4/c1-6(11)12-7-2-3-8(4-9,5-10)13-7/h7,10H,2-5H2,1H3. The van der Waals surface area contributed by atoms with Crippen LogP contribution >= 0.6 is 0 Å². The number of rotatable bonds is 3. The average Bonchev–Trinajstić information content (AvgIpc) is 2.48. The van der Waals surface area contributed by atoms with Crippen molar-refractivity contribution in [2.75, 3.05) is 13.3 Å². The van der Waals surface area contributed by atoms with Gasteiger partial charge in [0.2, 0.25) is 6.29 Å². The highest BCUT2D eigenvalue weighted by molar-refractivity contribution is 5.66. The van der Waals surface area contributed by atoms with Crippen molar-refractivity contribution in [3.8, 4) is 0 Å². The van der Waals surface area contributed by atoms with Gasteiger partial charge in [0, 0.05) is 13.3 Å². The molecule has 0 bridgehead atoms. The highest BCUT2D eigenvalue weighted by Gasteiger charge is 2.41. The van der Waals surface area contributed by atoms with Crippen molar-refractivity contribution in [2.24, 2.45) is 0 Å². The summed E-state index contributed by atoms with van der Waals surface area (Å²) in [5.41, 5.74) is -1.15. The first-order valence-corrected chi connectivity index (χ1v) is 4.14. The quantitative estimate of drug-likeness (QED) is 0.657. The number of ether oxygens (including phenoxy) is 2. The van der Waals surface area contributed by atoms with Gasteiger partial charge in [-0.25, -0.2) is 4.39 Å². The van der Waals surface area contributed by atoms with Gasteiger partial charge in [-0.3, -0.25) is 4.79 Å². The first-order chi connectivity index (χ1) is 6.12. The third-order valence-corrected chi connectivity index (χ3v) is 2.05. The van der Waals surface area contributed by atoms with Gasteiger partial charge >= 0.3 is 5.97 Å². The van der Waals surface area contributed by atoms with E-state index in [1.54, 1.807) is 0 Å². The normalized spacial score (nSPS) is 33.3. The van der Waals surface area contributed by atoms with E-state index in [1.807, 2.05) is 0 Å². The molecular weight excluding hydrogens is 179 g/mol. The number of alkyl halides is 1. The molecule has 2 atom stereocenters. The van der Waals surface area contributed by atoms with Crippen LogP contribution in [0, 0.1) is 0 Å². The van der Waals surface area contributed by atoms with Crippen LogP contribution < -0.4 is 0 Å². The van der Waals surface area contributed by atoms with Crippen molar-refractivity contribution < 1.29 is 23.8 Å². The molecule has 4 nitrogen and oxygen atoms in total. The summed E-state index contributed by atoms with van der Waals surface area (Å²) in [5, 5.41) is 8.86. The Labute approximate surface area is 75.6 Å². The first kappa shape index (κ1) is 10.4. The summed E-state index contributed by atoms with van der Waals surface area (Å²) in [4.78, 5) is 10.5. The molecule has 1 heterocycles. The summed E-state index contributed by atoms with van der Waals surface area (Å²) in [6, 6.07) is 0. The Hall–Kier alpha value is -0.680. The van der Waals surface area contributed by atoms with E-state index in [0.29, 0.717) is 12.8 Å². The van der Waals surface area contributed by atoms with Crippen LogP contribution in [0.25, 0.3) is 0 Å². The Kier molecular flexibility index (Phi) is 3.22. The zero-order valence-electron chi connectivity index (χ0n) is 7.46. The third-order valence-electron chi connectivity index (χ3n) is 2.05. The van der Waals surface area contributed by atoms with Crippen LogP contribution in [0.5, 0.6) is 0 Å². The number of carbonyl (C=O) groups is 1. The average molecular weight is 192 g/mol. The Balaban J connectivity index is 2.47. The largest absolute Gasteiger partial charge is 0.436 e. The summed E-state index contributed by atoms with van der Waals surface area (Å²) < 4.78 is 22.3. The number of carbonyl (C=O) groups excluding carboxylic acids is 1. The molecule has 1 aliphatic rings. The van der Waals surface area contributed by atoms with Gasteiger partial charge in [0.25, 0.3) is 0 Å². The Morgan fingerprint density at radius 2 is 2.54 bits per heavy atom. The number of halogens is 1. The maximum Gasteiger partial charge on any atom is 0.304 e. The molecule has 0 aromatic heterocycles. The van der Waals surface area contributed by atoms with Crippen LogP contribution in [0.4, 0.5) is 4.39 Å². The molecule has 1 saturated heterocycles. The number of aliphatic hydroxyl groups is 1. The molecule has 5 heteroatoms. The molecule has 1 rings (SSSR count). The van der Waals surface area contributed by atoms with Crippen molar-refractivity contribution in [3.05, 3.63) is 0 Å². The van der Waals surface area contributed by atoms with E-state index < -0.39 is 24.5 Å². The van der Waals surface area contributed by atoms with Gasteiger partial charge in [0.1, 0.15) is 12.3 Å². The molecule has 0 aromatic rings. The molecule has 13 heavy (non-hydrogen) atoms. The fraction of sp³-hybridized carbons (Fsp3) is 0.875. The Morgan fingerprint density at radius 3 is 2.92 bits per heavy atom. The van der Waals surface area contributed by atoms with E-state index in [-0.39, 0.29) is 6.61 Å². The lowest BCUT2D eigenvalue weighted by Crippen LogP contribution is -2.36. The lowest BCUT2D eigenvalue weighted by atomic mass is 10.0. The van der Waals surface area contributed by atoms with E-state index in [0.717, 1.165) is 0 Å². The zero-order valence-corrected chi connectivity index (χ0v) is 7.46. The van der Waals surface area contributed by atoms with Crippen molar-refractivity contribution >= 4 is 5.97 Å². The van der Waals surface area contributed by atoms with E-state index in [4.69, 9.17) is 14.6 Å². The van der Waals surface area contributed by atoms with Gasteiger partial charge < -0.3 is 14.6 Å². The molecule has 0 aliphatic carbocycles. The molecule has 0 spiro atoms. The summed E-state index contributed by atoms with van der Waals surface area (Å²) >= 11 is 0. The zero-order chi connectivity index (χ0) is 9.90. The molecule has 0 radical (unpaired) electrons. The van der Waals surface area contributed by atoms with E-state index in [1.165, 1.54) is 6.92 Å². The van der Waals surface area contributed by atoms with Gasteiger partial charge in [-0.2, -0.15) is 0 Å². The lowest BCUT2D eigenvalue weighted by molar-refractivity contribution is -0.193. The summed E-state index contributed by atoms with van der Waals surface area (Å²) in [6.45, 7) is 0.111. The molecule has 0 aromatic carbocycles. The van der Waals surface area contributed by atoms with Gasteiger partial charge in [-0.15, -0.1) is 0 Å². The van der Waals surface area contributed by atoms with Gasteiger partial charge in [0.05, 0.1) is 6.61 Å². The van der Waals surface area contributed by atoms with Gasteiger partial charge in [-0.1, -0.05) is 0 Å². The monoisotopic (exact) mass is 192 g/mol. The van der Waals surface area contributed by atoms with Crippen LogP contribution in [0.15, 0.2) is 0 Å². The molecule has 0 saturated carbocycles. The highest BCUT2D eigenvalue weighted by atomic mass is 19.1. The molecule has 1 N–H and O–H groups in total. The van der Waals surface area contributed by atoms with Crippen molar-refractivity contribution in [1.82, 2.24) is 0 Å². The maximum absolute atomic E-state index is 12.4. The van der Waals surface area contributed by atoms with Crippen LogP contribution in [0.2, 0.25) is 0 Å². The van der Waals surface area contributed by atoms with E-state index in [2.05, 4.69) is 0 Å². The predicted molar refractivity (Wildman–Crippen MR) is 41.7 cm³/mol. The van der Waals surface area contributed by atoms with Crippen molar-refractivity contribution in [2.45, 2.75) is 31.7 Å². The Morgan fingerprint density at radius 1 is 1.85 bits per heavy atom. The number of esters is 1. The van der Waals surface area contributed by atoms with Crippen LogP contribution in [0.1, 0.15) is 19.8 Å². The van der Waals surface area contributed by atoms with Crippen molar-refractivity contribution in [3.63, 3.8) is 0 Å².